The second-order valence-electron chi connectivity index (χ2n) is 5.23. The van der Waals surface area contributed by atoms with Gasteiger partial charge in [-0.2, -0.15) is 0 Å². The number of aliphatic hydroxyl groups excluding tert-OH is 1. The Hall–Kier alpha value is -1.14. The lowest BCUT2D eigenvalue weighted by molar-refractivity contribution is 0.153. The third-order valence-electron chi connectivity index (χ3n) is 3.81. The molecule has 0 bridgehead atoms. The molecule has 1 aliphatic rings. The summed E-state index contributed by atoms with van der Waals surface area (Å²) in [5.74, 6) is 0.195. The first kappa shape index (κ1) is 15.3. The molecular formula is C14H23N3O2S. The Morgan fingerprint density at radius 2 is 2.30 bits per heavy atom. The SMILES string of the molecule is CCc1cnc(CNC(=O)NC2CCCCC2CO)s1. The van der Waals surface area contributed by atoms with Gasteiger partial charge < -0.3 is 15.7 Å². The van der Waals surface area contributed by atoms with E-state index in [0.717, 1.165) is 37.1 Å². The highest BCUT2D eigenvalue weighted by molar-refractivity contribution is 7.11. The summed E-state index contributed by atoms with van der Waals surface area (Å²) in [6, 6.07) is -0.0696. The van der Waals surface area contributed by atoms with Crippen LogP contribution in [0.1, 0.15) is 42.5 Å². The van der Waals surface area contributed by atoms with Crippen LogP contribution in [0, 0.1) is 5.92 Å². The van der Waals surface area contributed by atoms with Gasteiger partial charge in [0, 0.05) is 29.6 Å². The van der Waals surface area contributed by atoms with Crippen LogP contribution in [-0.2, 0) is 13.0 Å². The molecule has 1 aromatic rings. The Balaban J connectivity index is 1.76. The lowest BCUT2D eigenvalue weighted by Gasteiger charge is -2.30. The molecule has 2 atom stereocenters. The van der Waals surface area contributed by atoms with Gasteiger partial charge in [-0.05, 0) is 19.3 Å². The van der Waals surface area contributed by atoms with Crippen molar-refractivity contribution in [3.63, 3.8) is 0 Å². The highest BCUT2D eigenvalue weighted by atomic mass is 32.1. The fraction of sp³-hybridized carbons (Fsp3) is 0.714. The Morgan fingerprint density at radius 1 is 1.50 bits per heavy atom. The van der Waals surface area contributed by atoms with E-state index in [1.807, 2.05) is 6.20 Å². The Morgan fingerprint density at radius 3 is 3.00 bits per heavy atom. The topological polar surface area (TPSA) is 74.2 Å². The van der Waals surface area contributed by atoms with Crippen molar-refractivity contribution in [3.8, 4) is 0 Å². The highest BCUT2D eigenvalue weighted by Gasteiger charge is 2.25. The number of rotatable bonds is 5. The van der Waals surface area contributed by atoms with Crippen LogP contribution in [-0.4, -0.2) is 28.8 Å². The van der Waals surface area contributed by atoms with Gasteiger partial charge in [0.1, 0.15) is 5.01 Å². The van der Waals surface area contributed by atoms with Gasteiger partial charge in [0.2, 0.25) is 0 Å². The van der Waals surface area contributed by atoms with E-state index in [1.165, 1.54) is 4.88 Å². The number of hydrogen-bond donors (Lipinski definition) is 3. The van der Waals surface area contributed by atoms with Crippen molar-refractivity contribution >= 4 is 17.4 Å². The van der Waals surface area contributed by atoms with E-state index in [4.69, 9.17) is 0 Å². The monoisotopic (exact) mass is 297 g/mol. The van der Waals surface area contributed by atoms with E-state index < -0.39 is 0 Å². The van der Waals surface area contributed by atoms with Crippen LogP contribution >= 0.6 is 11.3 Å². The molecule has 6 heteroatoms. The molecule has 112 valence electrons. The molecule has 3 N–H and O–H groups in total. The number of nitrogens with zero attached hydrogens (tertiary/aromatic N) is 1. The molecule has 0 radical (unpaired) electrons. The first-order valence-electron chi connectivity index (χ1n) is 7.31. The molecule has 1 fully saturated rings. The predicted octanol–water partition coefficient (Wildman–Crippen LogP) is 2.06. The molecule has 2 unspecified atom stereocenters. The molecule has 20 heavy (non-hydrogen) atoms. The Kier molecular flexibility index (Phi) is 5.79. The van der Waals surface area contributed by atoms with Crippen LogP contribution in [0.2, 0.25) is 0 Å². The van der Waals surface area contributed by atoms with E-state index >= 15 is 0 Å². The van der Waals surface area contributed by atoms with Crippen molar-refractivity contribution in [2.45, 2.75) is 51.6 Å². The van der Waals surface area contributed by atoms with Crippen molar-refractivity contribution in [2.24, 2.45) is 5.92 Å². The number of amides is 2. The van der Waals surface area contributed by atoms with E-state index in [1.54, 1.807) is 11.3 Å². The van der Waals surface area contributed by atoms with Gasteiger partial charge in [0.05, 0.1) is 6.54 Å². The summed E-state index contributed by atoms with van der Waals surface area (Å²) >= 11 is 1.63. The maximum atomic E-state index is 11.9. The first-order valence-corrected chi connectivity index (χ1v) is 8.13. The van der Waals surface area contributed by atoms with Gasteiger partial charge in [-0.1, -0.05) is 19.8 Å². The summed E-state index contributed by atoms with van der Waals surface area (Å²) < 4.78 is 0. The molecule has 1 aromatic heterocycles. The van der Waals surface area contributed by atoms with Crippen molar-refractivity contribution in [1.82, 2.24) is 15.6 Å². The number of thiazole rings is 1. The third kappa shape index (κ3) is 4.18. The molecule has 0 spiro atoms. The van der Waals surface area contributed by atoms with Crippen LogP contribution in [0.4, 0.5) is 4.79 Å². The highest BCUT2D eigenvalue weighted by Crippen LogP contribution is 2.23. The second kappa shape index (κ2) is 7.59. The van der Waals surface area contributed by atoms with Gasteiger partial charge in [-0.3, -0.25) is 0 Å². The molecule has 0 aliphatic heterocycles. The summed E-state index contributed by atoms with van der Waals surface area (Å²) in [4.78, 5) is 17.4. The van der Waals surface area contributed by atoms with Crippen molar-refractivity contribution < 1.29 is 9.90 Å². The summed E-state index contributed by atoms with van der Waals surface area (Å²) in [7, 11) is 0. The molecule has 2 amide bonds. The van der Waals surface area contributed by atoms with E-state index in [-0.39, 0.29) is 24.6 Å². The number of carbonyl (C=O) groups excluding carboxylic acids is 1. The minimum absolute atomic E-state index is 0.0937. The number of hydrogen-bond acceptors (Lipinski definition) is 4. The van der Waals surface area contributed by atoms with Gasteiger partial charge in [-0.15, -0.1) is 11.3 Å². The molecular weight excluding hydrogens is 274 g/mol. The molecule has 5 nitrogen and oxygen atoms in total. The molecule has 0 aromatic carbocycles. The van der Waals surface area contributed by atoms with Gasteiger partial charge >= 0.3 is 6.03 Å². The number of urea groups is 1. The Labute approximate surface area is 123 Å². The summed E-state index contributed by atoms with van der Waals surface area (Å²) in [5.41, 5.74) is 0. The summed E-state index contributed by atoms with van der Waals surface area (Å²) in [6.45, 7) is 2.71. The number of aryl methyl sites for hydroxylation is 1. The van der Waals surface area contributed by atoms with Crippen LogP contribution < -0.4 is 10.6 Å². The van der Waals surface area contributed by atoms with Crippen molar-refractivity contribution in [1.29, 1.82) is 0 Å². The zero-order chi connectivity index (χ0) is 14.4. The zero-order valence-corrected chi connectivity index (χ0v) is 12.7. The lowest BCUT2D eigenvalue weighted by Crippen LogP contribution is -2.47. The fourth-order valence-electron chi connectivity index (χ4n) is 2.58. The van der Waals surface area contributed by atoms with Crippen LogP contribution in [0.25, 0.3) is 0 Å². The molecule has 0 saturated heterocycles. The summed E-state index contributed by atoms with van der Waals surface area (Å²) in [5, 5.41) is 16.1. The maximum absolute atomic E-state index is 11.9. The van der Waals surface area contributed by atoms with Gasteiger partial charge in [0.25, 0.3) is 0 Å². The molecule has 1 aliphatic carbocycles. The smallest absolute Gasteiger partial charge is 0.315 e. The largest absolute Gasteiger partial charge is 0.396 e. The Bertz CT molecular complexity index is 436. The zero-order valence-electron chi connectivity index (χ0n) is 11.9. The predicted molar refractivity (Wildman–Crippen MR) is 79.7 cm³/mol. The van der Waals surface area contributed by atoms with Crippen LogP contribution in [0.3, 0.4) is 0 Å². The average molecular weight is 297 g/mol. The fourth-order valence-corrected chi connectivity index (χ4v) is 3.39. The molecule has 1 saturated carbocycles. The minimum Gasteiger partial charge on any atom is -0.396 e. The van der Waals surface area contributed by atoms with Gasteiger partial charge in [0.15, 0.2) is 0 Å². The first-order chi connectivity index (χ1) is 9.72. The number of aromatic nitrogens is 1. The normalized spacial score (nSPS) is 22.5. The van der Waals surface area contributed by atoms with Crippen LogP contribution in [0.5, 0.6) is 0 Å². The van der Waals surface area contributed by atoms with Crippen molar-refractivity contribution in [3.05, 3.63) is 16.1 Å². The van der Waals surface area contributed by atoms with Crippen molar-refractivity contribution in [2.75, 3.05) is 6.61 Å². The average Bonchev–Trinajstić information content (AvgIpc) is 2.94. The minimum atomic E-state index is -0.163. The standard InChI is InChI=1S/C14H23N3O2S/c1-2-11-7-15-13(20-11)8-16-14(19)17-12-6-4-3-5-10(12)9-18/h7,10,12,18H,2-6,8-9H2,1H3,(H2,16,17,19). The number of carbonyl (C=O) groups is 1. The second-order valence-corrected chi connectivity index (χ2v) is 6.43. The summed E-state index contributed by atoms with van der Waals surface area (Å²) in [6.07, 6.45) is 7.05. The van der Waals surface area contributed by atoms with Crippen LogP contribution in [0.15, 0.2) is 6.20 Å². The number of aliphatic hydroxyl groups is 1. The third-order valence-corrected chi connectivity index (χ3v) is 4.95. The van der Waals surface area contributed by atoms with Gasteiger partial charge in [-0.25, -0.2) is 9.78 Å². The lowest BCUT2D eigenvalue weighted by atomic mass is 9.85. The van der Waals surface area contributed by atoms with E-state index in [2.05, 4.69) is 22.5 Å². The van der Waals surface area contributed by atoms with E-state index in [9.17, 15) is 9.90 Å². The quantitative estimate of drug-likeness (QED) is 0.779. The maximum Gasteiger partial charge on any atom is 0.315 e. The molecule has 1 heterocycles. The molecule has 2 rings (SSSR count). The van der Waals surface area contributed by atoms with E-state index in [0.29, 0.717) is 6.54 Å². The number of nitrogens with one attached hydrogen (secondary N) is 2.